The number of carbonyl (C=O) groups excluding carboxylic acids is 2. The number of nitrogens with zero attached hydrogens (tertiary/aromatic N) is 2. The minimum absolute atomic E-state index is 0.0102. The molecule has 0 saturated carbocycles. The van der Waals surface area contributed by atoms with Crippen molar-refractivity contribution in [2.75, 3.05) is 18.2 Å². The molecule has 12 heteroatoms. The molecule has 1 heterocycles. The second-order valence-electron chi connectivity index (χ2n) is 9.04. The molecule has 1 aliphatic rings. The summed E-state index contributed by atoms with van der Waals surface area (Å²) in [5.41, 5.74) is 2.07. The van der Waals surface area contributed by atoms with Crippen molar-refractivity contribution in [1.82, 2.24) is 5.32 Å². The van der Waals surface area contributed by atoms with E-state index in [2.05, 4.69) is 16.7 Å². The Morgan fingerprint density at radius 2 is 1.86 bits per heavy atom. The first-order valence-corrected chi connectivity index (χ1v) is 13.9. The van der Waals surface area contributed by atoms with Gasteiger partial charge in [0.15, 0.2) is 0 Å². The number of thioether (sulfide) groups is 1. The number of rotatable bonds is 10. The second kappa shape index (κ2) is 13.7. The zero-order valence-corrected chi connectivity index (χ0v) is 24.1. The average molecular weight is 605 g/mol. The molecule has 0 unspecified atom stereocenters. The fraction of sp³-hybridized carbons (Fsp3) is 0.167. The molecule has 214 valence electrons. The number of dihydropyridines is 1. The molecule has 0 fully saturated rings. The normalized spacial score (nSPS) is 14.5. The maximum absolute atomic E-state index is 13.4. The van der Waals surface area contributed by atoms with Crippen molar-refractivity contribution in [3.8, 4) is 11.8 Å². The number of nitrogens with one attached hydrogen (secondary N) is 2. The number of benzene rings is 3. The van der Waals surface area contributed by atoms with Crippen LogP contribution in [-0.4, -0.2) is 29.7 Å². The highest BCUT2D eigenvalue weighted by Crippen LogP contribution is 2.41. The number of hydrogen-bond acceptors (Lipinski definition) is 9. The van der Waals surface area contributed by atoms with Crippen LogP contribution in [0.4, 0.5) is 11.4 Å². The van der Waals surface area contributed by atoms with Crippen LogP contribution in [0.25, 0.3) is 0 Å². The summed E-state index contributed by atoms with van der Waals surface area (Å²) in [6.07, 6.45) is 0. The van der Waals surface area contributed by atoms with Crippen LogP contribution >= 0.6 is 23.4 Å². The van der Waals surface area contributed by atoms with Gasteiger partial charge >= 0.3 is 5.97 Å². The highest BCUT2D eigenvalue weighted by molar-refractivity contribution is 8.03. The zero-order valence-electron chi connectivity index (χ0n) is 22.5. The molecule has 0 aromatic heterocycles. The van der Waals surface area contributed by atoms with Gasteiger partial charge in [-0.3, -0.25) is 14.9 Å². The number of allylic oxidation sites excluding steroid dienone is 2. The van der Waals surface area contributed by atoms with Crippen molar-refractivity contribution in [2.24, 2.45) is 0 Å². The van der Waals surface area contributed by atoms with Crippen molar-refractivity contribution < 1.29 is 24.0 Å². The minimum Gasteiger partial charge on any atom is -0.496 e. The smallest absolute Gasteiger partial charge is 0.337 e. The van der Waals surface area contributed by atoms with Gasteiger partial charge < -0.3 is 20.1 Å². The number of amides is 1. The molecule has 0 bridgehead atoms. The summed E-state index contributed by atoms with van der Waals surface area (Å²) in [6.45, 7) is 1.74. The molecule has 4 rings (SSSR count). The molecule has 10 nitrogen and oxygen atoms in total. The predicted octanol–water partition coefficient (Wildman–Crippen LogP) is 6.07. The standard InChI is InChI=1S/C30H25ClN4O6S/c1-18-27(30(37)41-16-19-6-4-3-5-7-19)28(20-8-10-21(31)11-9-20)23(15-32)29(33-18)42-17-26(36)34-24-13-12-22(40-2)14-25(24)35(38)39/h3-14,28,33H,16-17H2,1-2H3,(H,34,36)/t28-/m1/s1. The van der Waals surface area contributed by atoms with Crippen LogP contribution in [-0.2, 0) is 20.9 Å². The van der Waals surface area contributed by atoms with Crippen molar-refractivity contribution >= 4 is 46.6 Å². The molecule has 1 aliphatic heterocycles. The first kappa shape index (κ1) is 30.2. The van der Waals surface area contributed by atoms with E-state index in [0.717, 1.165) is 17.3 Å². The molecule has 3 aromatic carbocycles. The molecular formula is C30H25ClN4O6S. The molecule has 1 atom stereocenters. The van der Waals surface area contributed by atoms with Gasteiger partial charge in [0.05, 0.1) is 52.0 Å². The van der Waals surface area contributed by atoms with Crippen molar-refractivity contribution in [3.63, 3.8) is 0 Å². The van der Waals surface area contributed by atoms with Gasteiger partial charge in [-0.25, -0.2) is 4.79 Å². The number of anilines is 1. The van der Waals surface area contributed by atoms with Gasteiger partial charge in [0.25, 0.3) is 5.69 Å². The summed E-state index contributed by atoms with van der Waals surface area (Å²) in [5.74, 6) is -1.81. The number of nitro benzene ring substituents is 1. The van der Waals surface area contributed by atoms with E-state index < -0.39 is 22.7 Å². The first-order valence-electron chi connectivity index (χ1n) is 12.6. The van der Waals surface area contributed by atoms with Gasteiger partial charge in [-0.1, -0.05) is 65.8 Å². The van der Waals surface area contributed by atoms with E-state index in [1.165, 1.54) is 25.3 Å². The first-order chi connectivity index (χ1) is 20.2. The van der Waals surface area contributed by atoms with E-state index in [-0.39, 0.29) is 40.6 Å². The van der Waals surface area contributed by atoms with E-state index in [9.17, 15) is 25.0 Å². The number of carbonyl (C=O) groups is 2. The Balaban J connectivity index is 1.58. The van der Waals surface area contributed by atoms with Gasteiger partial charge in [0.1, 0.15) is 18.0 Å². The summed E-state index contributed by atoms with van der Waals surface area (Å²) in [7, 11) is 1.38. The van der Waals surface area contributed by atoms with Crippen LogP contribution < -0.4 is 15.4 Å². The van der Waals surface area contributed by atoms with E-state index in [0.29, 0.717) is 21.3 Å². The van der Waals surface area contributed by atoms with E-state index >= 15 is 0 Å². The number of methoxy groups -OCH3 is 1. The summed E-state index contributed by atoms with van der Waals surface area (Å²) >= 11 is 7.14. The number of ether oxygens (including phenoxy) is 2. The fourth-order valence-corrected chi connectivity index (χ4v) is 5.32. The third kappa shape index (κ3) is 7.09. The summed E-state index contributed by atoms with van der Waals surface area (Å²) in [5, 5.41) is 28.2. The predicted molar refractivity (Wildman–Crippen MR) is 160 cm³/mol. The van der Waals surface area contributed by atoms with Gasteiger partial charge in [-0.15, -0.1) is 0 Å². The summed E-state index contributed by atoms with van der Waals surface area (Å²) < 4.78 is 10.7. The van der Waals surface area contributed by atoms with Crippen LogP contribution in [0.15, 0.2) is 94.7 Å². The molecule has 0 spiro atoms. The molecule has 42 heavy (non-hydrogen) atoms. The second-order valence-corrected chi connectivity index (χ2v) is 10.5. The molecular weight excluding hydrogens is 580 g/mol. The summed E-state index contributed by atoms with van der Waals surface area (Å²) in [6, 6.07) is 22.3. The quantitative estimate of drug-likeness (QED) is 0.160. The minimum atomic E-state index is -0.787. The number of halogens is 1. The van der Waals surface area contributed by atoms with Crippen LogP contribution in [0.1, 0.15) is 24.0 Å². The van der Waals surface area contributed by atoms with Crippen LogP contribution in [0.5, 0.6) is 5.75 Å². The third-order valence-electron chi connectivity index (χ3n) is 6.31. The highest BCUT2D eigenvalue weighted by Gasteiger charge is 2.36. The maximum Gasteiger partial charge on any atom is 0.337 e. The van der Waals surface area contributed by atoms with Gasteiger partial charge in [-0.2, -0.15) is 5.26 Å². The van der Waals surface area contributed by atoms with Crippen molar-refractivity contribution in [1.29, 1.82) is 5.26 Å². The molecule has 0 aliphatic carbocycles. The van der Waals surface area contributed by atoms with Crippen molar-refractivity contribution in [3.05, 3.63) is 121 Å². The SMILES string of the molecule is COc1ccc(NC(=O)CSC2=C(C#N)[C@@H](c3ccc(Cl)cc3)C(C(=O)OCc3ccccc3)=C(C)N2)c([N+](=O)[O-])c1. The molecule has 0 radical (unpaired) electrons. The lowest BCUT2D eigenvalue weighted by Gasteiger charge is -2.29. The van der Waals surface area contributed by atoms with Crippen molar-refractivity contribution in [2.45, 2.75) is 19.4 Å². The van der Waals surface area contributed by atoms with Crippen LogP contribution in [0, 0.1) is 21.4 Å². The Morgan fingerprint density at radius 3 is 2.50 bits per heavy atom. The molecule has 2 N–H and O–H groups in total. The lowest BCUT2D eigenvalue weighted by atomic mass is 9.82. The van der Waals surface area contributed by atoms with Crippen LogP contribution in [0.3, 0.4) is 0 Å². The van der Waals surface area contributed by atoms with E-state index in [1.807, 2.05) is 30.3 Å². The Hall–Kier alpha value is -4.79. The fourth-order valence-electron chi connectivity index (χ4n) is 4.31. The zero-order chi connectivity index (χ0) is 30.2. The van der Waals surface area contributed by atoms with Gasteiger partial charge in [-0.05, 0) is 42.3 Å². The molecule has 3 aromatic rings. The van der Waals surface area contributed by atoms with E-state index in [4.69, 9.17) is 21.1 Å². The molecule has 1 amide bonds. The lowest BCUT2D eigenvalue weighted by Crippen LogP contribution is -2.29. The Kier molecular flexibility index (Phi) is 9.85. The van der Waals surface area contributed by atoms with E-state index in [1.54, 1.807) is 31.2 Å². The maximum atomic E-state index is 13.4. The van der Waals surface area contributed by atoms with Crippen LogP contribution in [0.2, 0.25) is 5.02 Å². The highest BCUT2D eigenvalue weighted by atomic mass is 35.5. The average Bonchev–Trinajstić information content (AvgIpc) is 2.99. The van der Waals surface area contributed by atoms with Gasteiger partial charge in [0, 0.05) is 10.7 Å². The molecule has 0 saturated heterocycles. The number of nitro groups is 1. The summed E-state index contributed by atoms with van der Waals surface area (Å²) in [4.78, 5) is 37.1. The monoisotopic (exact) mass is 604 g/mol. The largest absolute Gasteiger partial charge is 0.496 e. The Bertz CT molecular complexity index is 1620. The number of hydrogen-bond donors (Lipinski definition) is 2. The topological polar surface area (TPSA) is 144 Å². The third-order valence-corrected chi connectivity index (χ3v) is 7.58. The Labute approximate surface area is 251 Å². The number of esters is 1. The number of nitriles is 1. The Morgan fingerprint density at radius 1 is 1.14 bits per heavy atom. The van der Waals surface area contributed by atoms with Gasteiger partial charge in [0.2, 0.25) is 5.91 Å². The lowest BCUT2D eigenvalue weighted by molar-refractivity contribution is -0.384.